The first-order valence-electron chi connectivity index (χ1n) is 2.18. The Bertz CT molecular complexity index is 24.0. The first-order valence-corrected chi connectivity index (χ1v) is 2.18. The fraction of sp³-hybridized carbons (Fsp3) is 1.00. The summed E-state index contributed by atoms with van der Waals surface area (Å²) in [5.41, 5.74) is 0. The molecule has 2 nitrogen and oxygen atoms in total. The van der Waals surface area contributed by atoms with E-state index in [4.69, 9.17) is 5.26 Å². The van der Waals surface area contributed by atoms with Gasteiger partial charge in [-0.3, -0.25) is 5.26 Å². The van der Waals surface area contributed by atoms with E-state index in [0.717, 1.165) is 12.8 Å². The molecule has 4 heteroatoms. The third-order valence-electron chi connectivity index (χ3n) is 0.589. The van der Waals surface area contributed by atoms with Crippen molar-refractivity contribution < 1.29 is 44.3 Å². The van der Waals surface area contributed by atoms with E-state index in [1.807, 2.05) is 6.92 Å². The molecule has 0 aliphatic carbocycles. The monoisotopic (exact) mass is 202 g/mol. The van der Waals surface area contributed by atoms with Crippen LogP contribution >= 0.6 is 0 Å². The maximum atomic E-state index is 7.70. The van der Waals surface area contributed by atoms with Crippen molar-refractivity contribution in [3.05, 3.63) is 0 Å². The van der Waals surface area contributed by atoms with E-state index in [2.05, 4.69) is 4.89 Å². The molecule has 0 spiro atoms. The number of unbranched alkanes of at least 4 members (excludes halogenated alkanes) is 1. The maximum absolute atomic E-state index is 7.70. The zero-order valence-electron chi connectivity index (χ0n) is 4.68. The van der Waals surface area contributed by atoms with Crippen LogP contribution in [0.25, 0.3) is 0 Å². The molecule has 0 fully saturated rings. The van der Waals surface area contributed by atoms with Crippen LogP contribution < -0.4 is 0 Å². The summed E-state index contributed by atoms with van der Waals surface area (Å²) < 4.78 is 0. The van der Waals surface area contributed by atoms with Crippen LogP contribution in [0.4, 0.5) is 0 Å². The molecular formula is C4H10Fe2O2. The van der Waals surface area contributed by atoms with Crippen molar-refractivity contribution >= 4 is 0 Å². The predicted molar refractivity (Wildman–Crippen MR) is 23.5 cm³/mol. The minimum atomic E-state index is 0. The van der Waals surface area contributed by atoms with Crippen LogP contribution in [0, 0.1) is 0 Å². The van der Waals surface area contributed by atoms with Gasteiger partial charge < -0.3 is 0 Å². The molecular weight excluding hydrogens is 192 g/mol. The number of hydrogen-bond donors (Lipinski definition) is 1. The van der Waals surface area contributed by atoms with E-state index in [1.165, 1.54) is 0 Å². The van der Waals surface area contributed by atoms with Crippen molar-refractivity contribution in [2.75, 3.05) is 6.61 Å². The number of rotatable bonds is 3. The molecule has 0 saturated carbocycles. The molecule has 0 amide bonds. The first kappa shape index (κ1) is 16.0. The van der Waals surface area contributed by atoms with Crippen molar-refractivity contribution in [2.45, 2.75) is 19.8 Å². The maximum Gasteiger partial charge on any atom is 0.0819 e. The quantitative estimate of drug-likeness (QED) is 0.323. The minimum absolute atomic E-state index is 0. The van der Waals surface area contributed by atoms with Gasteiger partial charge in [0.2, 0.25) is 0 Å². The molecule has 0 aliphatic rings. The summed E-state index contributed by atoms with van der Waals surface area (Å²) in [5.74, 6) is 0. The van der Waals surface area contributed by atoms with Gasteiger partial charge in [-0.1, -0.05) is 13.3 Å². The van der Waals surface area contributed by atoms with Crippen LogP contribution in [0.5, 0.6) is 0 Å². The summed E-state index contributed by atoms with van der Waals surface area (Å²) in [6.07, 6.45) is 2.01. The molecule has 0 aliphatic heterocycles. The van der Waals surface area contributed by atoms with Gasteiger partial charge in [0.25, 0.3) is 0 Å². The molecule has 1 N–H and O–H groups in total. The second kappa shape index (κ2) is 15.7. The molecule has 0 aromatic carbocycles. The van der Waals surface area contributed by atoms with Gasteiger partial charge in [-0.25, -0.2) is 4.89 Å². The normalized spacial score (nSPS) is 6.75. The molecule has 0 heterocycles. The fourth-order valence-electron chi connectivity index (χ4n) is 0.209. The molecule has 8 heavy (non-hydrogen) atoms. The number of hydrogen-bond acceptors (Lipinski definition) is 2. The first-order chi connectivity index (χ1) is 2.91. The van der Waals surface area contributed by atoms with Gasteiger partial charge in [0.15, 0.2) is 0 Å². The largest absolute Gasteiger partial charge is 0.252 e. The summed E-state index contributed by atoms with van der Waals surface area (Å²) >= 11 is 0. The molecule has 0 aromatic rings. The van der Waals surface area contributed by atoms with Crippen LogP contribution in [0.1, 0.15) is 19.8 Å². The zero-order chi connectivity index (χ0) is 4.83. The van der Waals surface area contributed by atoms with Gasteiger partial charge in [-0.05, 0) is 6.42 Å². The van der Waals surface area contributed by atoms with Gasteiger partial charge >= 0.3 is 0 Å². The molecule has 0 unspecified atom stereocenters. The standard InChI is InChI=1S/C4H10O2.2Fe/c1-2-3-4-6-5;;/h5H,2-4H2,1H3;;. The fourth-order valence-corrected chi connectivity index (χ4v) is 0.209. The summed E-state index contributed by atoms with van der Waals surface area (Å²) in [5, 5.41) is 7.70. The van der Waals surface area contributed by atoms with E-state index in [1.54, 1.807) is 0 Å². The second-order valence-corrected chi connectivity index (χ2v) is 1.19. The molecule has 0 radical (unpaired) electrons. The third-order valence-corrected chi connectivity index (χ3v) is 0.589. The van der Waals surface area contributed by atoms with Crippen molar-refractivity contribution in [2.24, 2.45) is 0 Å². The molecule has 0 saturated heterocycles. The molecule has 0 rings (SSSR count). The third kappa shape index (κ3) is 15.8. The van der Waals surface area contributed by atoms with Gasteiger partial charge in [0, 0.05) is 34.1 Å². The van der Waals surface area contributed by atoms with E-state index in [0.29, 0.717) is 6.61 Å². The second-order valence-electron chi connectivity index (χ2n) is 1.19. The summed E-state index contributed by atoms with van der Waals surface area (Å²) in [6, 6.07) is 0. The van der Waals surface area contributed by atoms with E-state index in [-0.39, 0.29) is 34.1 Å². The Kier molecular flexibility index (Phi) is 31.3. The topological polar surface area (TPSA) is 29.5 Å². The Hall–Kier alpha value is 0.959. The van der Waals surface area contributed by atoms with Crippen molar-refractivity contribution in [1.82, 2.24) is 0 Å². The Morgan fingerprint density at radius 3 is 2.00 bits per heavy atom. The van der Waals surface area contributed by atoms with Gasteiger partial charge in [-0.2, -0.15) is 0 Å². The average molecular weight is 202 g/mol. The smallest absolute Gasteiger partial charge is 0.0819 e. The SMILES string of the molecule is CCCCOO.[Fe].[Fe]. The average Bonchev–Trinajstić information content (AvgIpc) is 1.61. The van der Waals surface area contributed by atoms with Crippen LogP contribution in [0.15, 0.2) is 0 Å². The van der Waals surface area contributed by atoms with Crippen molar-refractivity contribution in [3.63, 3.8) is 0 Å². The summed E-state index contributed by atoms with van der Waals surface area (Å²) in [7, 11) is 0. The van der Waals surface area contributed by atoms with Crippen LogP contribution in [0.3, 0.4) is 0 Å². The van der Waals surface area contributed by atoms with Crippen LogP contribution in [0.2, 0.25) is 0 Å². The van der Waals surface area contributed by atoms with Crippen LogP contribution in [-0.2, 0) is 39.0 Å². The molecule has 54 valence electrons. The summed E-state index contributed by atoms with van der Waals surface area (Å²) in [6.45, 7) is 2.51. The Labute approximate surface area is 70.9 Å². The zero-order valence-corrected chi connectivity index (χ0v) is 6.89. The van der Waals surface area contributed by atoms with Gasteiger partial charge in [-0.15, -0.1) is 0 Å². The molecule has 0 atom stereocenters. The van der Waals surface area contributed by atoms with Crippen LogP contribution in [-0.4, -0.2) is 11.9 Å². The van der Waals surface area contributed by atoms with Gasteiger partial charge in [0.05, 0.1) is 6.61 Å². The Morgan fingerprint density at radius 1 is 1.38 bits per heavy atom. The molecule has 0 bridgehead atoms. The van der Waals surface area contributed by atoms with E-state index >= 15 is 0 Å². The van der Waals surface area contributed by atoms with E-state index in [9.17, 15) is 0 Å². The minimum Gasteiger partial charge on any atom is -0.252 e. The molecule has 0 aromatic heterocycles. The predicted octanol–water partition coefficient (Wildman–Crippen LogP) is 1.27. The van der Waals surface area contributed by atoms with Gasteiger partial charge in [0.1, 0.15) is 0 Å². The van der Waals surface area contributed by atoms with Crippen molar-refractivity contribution in [1.29, 1.82) is 0 Å². The van der Waals surface area contributed by atoms with Crippen molar-refractivity contribution in [3.8, 4) is 0 Å². The Balaban J connectivity index is -0.000000125. The summed E-state index contributed by atoms with van der Waals surface area (Å²) in [4.78, 5) is 3.78. The van der Waals surface area contributed by atoms with E-state index < -0.39 is 0 Å². The Morgan fingerprint density at radius 2 is 1.88 bits per heavy atom.